The number of rotatable bonds is 8. The summed E-state index contributed by atoms with van der Waals surface area (Å²) in [6.07, 6.45) is 2.36. The van der Waals surface area contributed by atoms with Crippen molar-refractivity contribution in [2.45, 2.75) is 45.7 Å². The molecule has 5 heteroatoms. The highest BCUT2D eigenvalue weighted by Crippen LogP contribution is 2.33. The van der Waals surface area contributed by atoms with Crippen molar-refractivity contribution in [2.24, 2.45) is 5.92 Å². The molecule has 0 atom stereocenters. The Hall–Kier alpha value is -3.08. The summed E-state index contributed by atoms with van der Waals surface area (Å²) in [5.74, 6) is 1.27. The molecule has 1 fully saturated rings. The first-order valence-electron chi connectivity index (χ1n) is 10.6. The predicted octanol–water partition coefficient (Wildman–Crippen LogP) is 4.23. The lowest BCUT2D eigenvalue weighted by Gasteiger charge is -2.16. The number of hydrogen-bond acceptors (Lipinski definition) is 3. The molecular weight excluding hydrogens is 376 g/mol. The summed E-state index contributed by atoms with van der Waals surface area (Å²) < 4.78 is 7.62. The summed E-state index contributed by atoms with van der Waals surface area (Å²) in [4.78, 5) is 25.0. The van der Waals surface area contributed by atoms with Crippen molar-refractivity contribution in [3.05, 3.63) is 76.1 Å². The van der Waals surface area contributed by atoms with E-state index in [4.69, 9.17) is 4.74 Å². The highest BCUT2D eigenvalue weighted by molar-refractivity contribution is 5.84. The van der Waals surface area contributed by atoms with Crippen LogP contribution in [0.4, 0.5) is 0 Å². The van der Waals surface area contributed by atoms with Crippen molar-refractivity contribution >= 4 is 16.8 Å². The number of carbonyl (C=O) groups is 1. The van der Waals surface area contributed by atoms with Crippen LogP contribution >= 0.6 is 0 Å². The predicted molar refractivity (Wildman–Crippen MR) is 119 cm³/mol. The minimum atomic E-state index is -0.176. The number of aromatic nitrogens is 1. The van der Waals surface area contributed by atoms with E-state index in [1.165, 1.54) is 12.8 Å². The molecule has 3 aromatic rings. The van der Waals surface area contributed by atoms with Crippen LogP contribution < -0.4 is 15.6 Å². The zero-order chi connectivity index (χ0) is 21.1. The molecule has 1 aliphatic carbocycles. The molecule has 1 saturated carbocycles. The number of benzene rings is 2. The lowest BCUT2D eigenvalue weighted by Crippen LogP contribution is -2.28. The average molecular weight is 405 g/mol. The van der Waals surface area contributed by atoms with E-state index in [-0.39, 0.29) is 24.0 Å². The van der Waals surface area contributed by atoms with E-state index in [0.717, 1.165) is 28.6 Å². The molecule has 5 nitrogen and oxygen atoms in total. The van der Waals surface area contributed by atoms with Gasteiger partial charge < -0.3 is 14.6 Å². The summed E-state index contributed by atoms with van der Waals surface area (Å²) in [7, 11) is 0. The highest BCUT2D eigenvalue weighted by Gasteiger charge is 2.23. The summed E-state index contributed by atoms with van der Waals surface area (Å²) in [5.41, 5.74) is 3.02. The van der Waals surface area contributed by atoms with Gasteiger partial charge in [-0.25, -0.2) is 0 Å². The van der Waals surface area contributed by atoms with E-state index in [2.05, 4.69) is 19.2 Å². The summed E-state index contributed by atoms with van der Waals surface area (Å²) >= 11 is 0. The Morgan fingerprint density at radius 3 is 2.60 bits per heavy atom. The number of nitrogens with zero attached hydrogens (tertiary/aromatic N) is 1. The topological polar surface area (TPSA) is 60.3 Å². The molecule has 0 unspecified atom stereocenters. The largest absolute Gasteiger partial charge is 0.484 e. The molecule has 0 spiro atoms. The number of hydrogen-bond donors (Lipinski definition) is 1. The fourth-order valence-electron chi connectivity index (χ4n) is 3.70. The first-order chi connectivity index (χ1) is 14.5. The van der Waals surface area contributed by atoms with Crippen LogP contribution in [0.1, 0.15) is 43.7 Å². The molecule has 156 valence electrons. The first kappa shape index (κ1) is 20.2. The molecule has 1 aliphatic rings. The van der Waals surface area contributed by atoms with Crippen molar-refractivity contribution in [1.29, 1.82) is 0 Å². The van der Waals surface area contributed by atoms with Gasteiger partial charge in [0.15, 0.2) is 6.61 Å². The van der Waals surface area contributed by atoms with Crippen LogP contribution in [0, 0.1) is 5.92 Å². The standard InChI is InChI=1S/C25H28N2O3/c1-17(2)22-13-25(29)27(15-19-8-9-19)23-12-20(10-11-21(22)23)30-16-24(28)26-14-18-6-4-3-5-7-18/h3-7,10-13,17,19H,8-9,14-16H2,1-2H3,(H,26,28). The molecule has 1 N–H and O–H groups in total. The maximum atomic E-state index is 12.8. The zero-order valence-corrected chi connectivity index (χ0v) is 17.6. The van der Waals surface area contributed by atoms with Gasteiger partial charge in [0.1, 0.15) is 5.75 Å². The third kappa shape index (κ3) is 4.73. The van der Waals surface area contributed by atoms with Crippen molar-refractivity contribution in [2.75, 3.05) is 6.61 Å². The maximum absolute atomic E-state index is 12.8. The van der Waals surface area contributed by atoms with Gasteiger partial charge in [0.25, 0.3) is 11.5 Å². The number of fused-ring (bicyclic) bond motifs is 1. The summed E-state index contributed by atoms with van der Waals surface area (Å²) in [6, 6.07) is 17.3. The Morgan fingerprint density at radius 2 is 1.90 bits per heavy atom. The normalized spacial score (nSPS) is 13.6. The number of ether oxygens (including phenoxy) is 1. The van der Waals surface area contributed by atoms with Gasteiger partial charge in [-0.05, 0) is 47.9 Å². The molecule has 1 heterocycles. The van der Waals surface area contributed by atoms with Gasteiger partial charge in [-0.1, -0.05) is 44.2 Å². The second-order valence-corrected chi connectivity index (χ2v) is 8.38. The van der Waals surface area contributed by atoms with Gasteiger partial charge >= 0.3 is 0 Å². The lowest BCUT2D eigenvalue weighted by molar-refractivity contribution is -0.123. The van der Waals surface area contributed by atoms with Crippen molar-refractivity contribution in [1.82, 2.24) is 9.88 Å². The highest BCUT2D eigenvalue weighted by atomic mass is 16.5. The first-order valence-corrected chi connectivity index (χ1v) is 10.6. The van der Waals surface area contributed by atoms with Crippen LogP contribution in [0.2, 0.25) is 0 Å². The Kier molecular flexibility index (Phi) is 5.88. The van der Waals surface area contributed by atoms with E-state index in [1.54, 1.807) is 6.07 Å². The molecule has 1 amide bonds. The minimum absolute atomic E-state index is 0.0378. The number of amides is 1. The van der Waals surface area contributed by atoms with Crippen molar-refractivity contribution in [3.8, 4) is 5.75 Å². The van der Waals surface area contributed by atoms with Crippen molar-refractivity contribution < 1.29 is 9.53 Å². The van der Waals surface area contributed by atoms with Crippen LogP contribution in [0.3, 0.4) is 0 Å². The fraction of sp³-hybridized carbons (Fsp3) is 0.360. The molecule has 0 aliphatic heterocycles. The Bertz CT molecular complexity index is 1100. The monoisotopic (exact) mass is 404 g/mol. The van der Waals surface area contributed by atoms with E-state index >= 15 is 0 Å². The van der Waals surface area contributed by atoms with Crippen LogP contribution in [-0.4, -0.2) is 17.1 Å². The van der Waals surface area contributed by atoms with Crippen molar-refractivity contribution in [3.63, 3.8) is 0 Å². The quantitative estimate of drug-likeness (QED) is 0.611. The minimum Gasteiger partial charge on any atom is -0.484 e. The molecule has 0 bridgehead atoms. The van der Waals surface area contributed by atoms with Gasteiger partial charge in [-0.3, -0.25) is 9.59 Å². The molecule has 1 aromatic heterocycles. The fourth-order valence-corrected chi connectivity index (χ4v) is 3.70. The van der Waals surface area contributed by atoms with Crippen LogP contribution in [0.15, 0.2) is 59.4 Å². The Labute approximate surface area is 176 Å². The second-order valence-electron chi connectivity index (χ2n) is 8.38. The number of carbonyl (C=O) groups excluding carboxylic acids is 1. The van der Waals surface area contributed by atoms with Gasteiger partial charge in [0.05, 0.1) is 5.52 Å². The summed E-state index contributed by atoms with van der Waals surface area (Å²) in [6.45, 7) is 5.35. The van der Waals surface area contributed by atoms with Crippen LogP contribution in [0.25, 0.3) is 10.9 Å². The van der Waals surface area contributed by atoms with E-state index in [1.807, 2.05) is 53.1 Å². The van der Waals surface area contributed by atoms with Gasteiger partial charge in [-0.15, -0.1) is 0 Å². The number of pyridine rings is 1. The number of nitrogens with one attached hydrogen (secondary N) is 1. The van der Waals surface area contributed by atoms with Gasteiger partial charge in [-0.2, -0.15) is 0 Å². The average Bonchev–Trinajstić information content (AvgIpc) is 3.57. The molecule has 30 heavy (non-hydrogen) atoms. The third-order valence-electron chi connectivity index (χ3n) is 5.58. The zero-order valence-electron chi connectivity index (χ0n) is 17.6. The Morgan fingerprint density at radius 1 is 1.13 bits per heavy atom. The molecule has 0 radical (unpaired) electrons. The van der Waals surface area contributed by atoms with Crippen LogP contribution in [0.5, 0.6) is 5.75 Å². The molecular formula is C25H28N2O3. The lowest BCUT2D eigenvalue weighted by atomic mass is 9.98. The molecule has 0 saturated heterocycles. The summed E-state index contributed by atoms with van der Waals surface area (Å²) in [5, 5.41) is 3.94. The van der Waals surface area contributed by atoms with Gasteiger partial charge in [0.2, 0.25) is 0 Å². The van der Waals surface area contributed by atoms with Crippen LogP contribution in [-0.2, 0) is 17.9 Å². The van der Waals surface area contributed by atoms with E-state index in [0.29, 0.717) is 18.2 Å². The molecule has 4 rings (SSSR count). The SMILES string of the molecule is CC(C)c1cc(=O)n(CC2CC2)c2cc(OCC(=O)NCc3ccccc3)ccc12. The van der Waals surface area contributed by atoms with E-state index < -0.39 is 0 Å². The Balaban J connectivity index is 1.51. The maximum Gasteiger partial charge on any atom is 0.258 e. The third-order valence-corrected chi connectivity index (χ3v) is 5.58. The van der Waals surface area contributed by atoms with E-state index in [9.17, 15) is 9.59 Å². The molecule has 2 aromatic carbocycles. The second kappa shape index (κ2) is 8.74. The van der Waals surface area contributed by atoms with Gasteiger partial charge in [0, 0.05) is 30.6 Å². The smallest absolute Gasteiger partial charge is 0.258 e.